The maximum atomic E-state index is 5.24. The third kappa shape index (κ3) is 4.70. The molecule has 0 N–H and O–H groups in total. The lowest BCUT2D eigenvalue weighted by Gasteiger charge is -2.32. The molecule has 0 aliphatic carbocycles. The molecular weight excluding hydrogens is 318 g/mol. The monoisotopic (exact) mass is 343 g/mol. The van der Waals surface area contributed by atoms with Crippen molar-refractivity contribution in [2.75, 3.05) is 25.2 Å². The summed E-state index contributed by atoms with van der Waals surface area (Å²) in [5.74, 6) is 2.18. The van der Waals surface area contributed by atoms with Gasteiger partial charge in [-0.25, -0.2) is 9.97 Å². The van der Waals surface area contributed by atoms with Crippen molar-refractivity contribution in [3.63, 3.8) is 0 Å². The lowest BCUT2D eigenvalue weighted by Crippen LogP contribution is -2.38. The first-order valence-corrected chi connectivity index (χ1v) is 8.12. The molecule has 0 atom stereocenters. The highest BCUT2D eigenvalue weighted by Gasteiger charge is 2.19. The molecule has 114 valence electrons. The van der Waals surface area contributed by atoms with E-state index in [0.717, 1.165) is 35.6 Å². The van der Waals surface area contributed by atoms with Gasteiger partial charge in [-0.05, 0) is 28.8 Å². The Bertz CT molecular complexity index is 408. The fourth-order valence-corrected chi connectivity index (χ4v) is 2.62. The summed E-state index contributed by atoms with van der Waals surface area (Å²) in [7, 11) is 1.74. The van der Waals surface area contributed by atoms with Crippen LogP contribution in [0.25, 0.3) is 0 Å². The molecule has 0 aromatic carbocycles. The number of hydrogen-bond donors (Lipinski definition) is 0. The van der Waals surface area contributed by atoms with E-state index in [2.05, 4.69) is 53.5 Å². The SMILES string of the molecule is CCC(CC)N(CCOC)c1cc(Br)nc(C(C)C)n1. The van der Waals surface area contributed by atoms with Gasteiger partial charge in [0.2, 0.25) is 0 Å². The summed E-state index contributed by atoms with van der Waals surface area (Å²) in [4.78, 5) is 11.5. The van der Waals surface area contributed by atoms with Crippen molar-refractivity contribution in [3.05, 3.63) is 16.5 Å². The molecular formula is C15H26BrN3O. The maximum Gasteiger partial charge on any atom is 0.134 e. The Morgan fingerprint density at radius 1 is 1.25 bits per heavy atom. The molecule has 1 rings (SSSR count). The van der Waals surface area contributed by atoms with E-state index >= 15 is 0 Å². The molecule has 0 bridgehead atoms. The zero-order valence-corrected chi connectivity index (χ0v) is 14.8. The minimum atomic E-state index is 0.317. The third-order valence-electron chi connectivity index (χ3n) is 3.43. The van der Waals surface area contributed by atoms with Crippen LogP contribution < -0.4 is 4.90 Å². The fourth-order valence-electron chi connectivity index (χ4n) is 2.23. The van der Waals surface area contributed by atoms with Crippen LogP contribution >= 0.6 is 15.9 Å². The quantitative estimate of drug-likeness (QED) is 0.668. The molecule has 0 unspecified atom stereocenters. The predicted molar refractivity (Wildman–Crippen MR) is 87.4 cm³/mol. The number of rotatable bonds is 8. The second-order valence-corrected chi connectivity index (χ2v) is 6.03. The Labute approximate surface area is 131 Å². The summed E-state index contributed by atoms with van der Waals surface area (Å²) >= 11 is 3.50. The largest absolute Gasteiger partial charge is 0.383 e. The van der Waals surface area contributed by atoms with Gasteiger partial charge < -0.3 is 9.64 Å². The standard InChI is InChI=1S/C15H26BrN3O/c1-6-12(7-2)19(8-9-20-5)14-10-13(16)17-15(18-14)11(3)4/h10-12H,6-9H2,1-5H3. The van der Waals surface area contributed by atoms with Gasteiger partial charge in [-0.3, -0.25) is 0 Å². The highest BCUT2D eigenvalue weighted by atomic mass is 79.9. The lowest BCUT2D eigenvalue weighted by molar-refractivity contribution is 0.202. The van der Waals surface area contributed by atoms with E-state index < -0.39 is 0 Å². The van der Waals surface area contributed by atoms with Crippen molar-refractivity contribution in [1.29, 1.82) is 0 Å². The average Bonchev–Trinajstić information content (AvgIpc) is 2.42. The zero-order valence-electron chi connectivity index (χ0n) is 13.2. The molecule has 0 saturated carbocycles. The molecule has 0 spiro atoms. The highest BCUT2D eigenvalue weighted by molar-refractivity contribution is 9.10. The van der Waals surface area contributed by atoms with Gasteiger partial charge in [0.1, 0.15) is 16.2 Å². The Balaban J connectivity index is 3.11. The van der Waals surface area contributed by atoms with E-state index in [-0.39, 0.29) is 0 Å². The second kappa shape index (κ2) is 8.57. The normalized spacial score (nSPS) is 11.4. The smallest absolute Gasteiger partial charge is 0.134 e. The van der Waals surface area contributed by atoms with Crippen LogP contribution in [0.5, 0.6) is 0 Å². The third-order valence-corrected chi connectivity index (χ3v) is 3.84. The van der Waals surface area contributed by atoms with Crippen molar-refractivity contribution in [2.24, 2.45) is 0 Å². The molecule has 0 aliphatic rings. The van der Waals surface area contributed by atoms with Crippen LogP contribution in [-0.4, -0.2) is 36.3 Å². The van der Waals surface area contributed by atoms with Gasteiger partial charge in [0.05, 0.1) is 6.61 Å². The van der Waals surface area contributed by atoms with Gasteiger partial charge in [0, 0.05) is 31.7 Å². The molecule has 0 saturated heterocycles. The van der Waals surface area contributed by atoms with Gasteiger partial charge >= 0.3 is 0 Å². The summed E-state index contributed by atoms with van der Waals surface area (Å²) < 4.78 is 6.09. The van der Waals surface area contributed by atoms with Crippen molar-refractivity contribution >= 4 is 21.7 Å². The van der Waals surface area contributed by atoms with Crippen molar-refractivity contribution < 1.29 is 4.74 Å². The van der Waals surface area contributed by atoms with E-state index in [1.807, 2.05) is 6.07 Å². The van der Waals surface area contributed by atoms with Crippen molar-refractivity contribution in [2.45, 2.75) is 52.5 Å². The summed E-state index contributed by atoms with van der Waals surface area (Å²) in [6.07, 6.45) is 2.19. The van der Waals surface area contributed by atoms with Crippen molar-refractivity contribution in [3.8, 4) is 0 Å². The molecule has 1 aromatic rings. The number of aromatic nitrogens is 2. The zero-order chi connectivity index (χ0) is 15.1. The van der Waals surface area contributed by atoms with Crippen LogP contribution in [0.1, 0.15) is 52.3 Å². The van der Waals surface area contributed by atoms with Gasteiger partial charge in [-0.15, -0.1) is 0 Å². The number of anilines is 1. The van der Waals surface area contributed by atoms with E-state index in [9.17, 15) is 0 Å². The number of halogens is 1. The van der Waals surface area contributed by atoms with Gasteiger partial charge in [0.25, 0.3) is 0 Å². The Kier molecular flexibility index (Phi) is 7.45. The van der Waals surface area contributed by atoms with Crippen LogP contribution in [0.4, 0.5) is 5.82 Å². The number of methoxy groups -OCH3 is 1. The Hall–Kier alpha value is -0.680. The first-order valence-electron chi connectivity index (χ1n) is 7.33. The number of hydrogen-bond acceptors (Lipinski definition) is 4. The van der Waals surface area contributed by atoms with Crippen LogP contribution in [0, 0.1) is 0 Å². The van der Waals surface area contributed by atoms with Gasteiger partial charge in [-0.1, -0.05) is 27.7 Å². The van der Waals surface area contributed by atoms with Crippen LogP contribution in [0.3, 0.4) is 0 Å². The Morgan fingerprint density at radius 3 is 2.40 bits per heavy atom. The molecule has 1 aromatic heterocycles. The van der Waals surface area contributed by atoms with Crippen LogP contribution in [-0.2, 0) is 4.74 Å². The highest BCUT2D eigenvalue weighted by Crippen LogP contribution is 2.23. The van der Waals surface area contributed by atoms with Crippen molar-refractivity contribution in [1.82, 2.24) is 9.97 Å². The minimum Gasteiger partial charge on any atom is -0.383 e. The summed E-state index contributed by atoms with van der Waals surface area (Å²) in [5, 5.41) is 0. The predicted octanol–water partition coefficient (Wildman–Crippen LogP) is 4.00. The van der Waals surface area contributed by atoms with Gasteiger partial charge in [-0.2, -0.15) is 0 Å². The molecule has 0 amide bonds. The van der Waals surface area contributed by atoms with E-state index in [1.54, 1.807) is 7.11 Å². The molecule has 1 heterocycles. The lowest BCUT2D eigenvalue weighted by atomic mass is 10.1. The van der Waals surface area contributed by atoms with Crippen LogP contribution in [0.2, 0.25) is 0 Å². The second-order valence-electron chi connectivity index (χ2n) is 5.22. The fraction of sp³-hybridized carbons (Fsp3) is 0.733. The molecule has 20 heavy (non-hydrogen) atoms. The van der Waals surface area contributed by atoms with Gasteiger partial charge in [0.15, 0.2) is 0 Å². The van der Waals surface area contributed by atoms with E-state index in [0.29, 0.717) is 18.6 Å². The summed E-state index contributed by atoms with van der Waals surface area (Å²) in [5.41, 5.74) is 0. The molecule has 0 fully saturated rings. The van der Waals surface area contributed by atoms with E-state index in [1.165, 1.54) is 0 Å². The summed E-state index contributed by atoms with van der Waals surface area (Å²) in [6.45, 7) is 10.2. The minimum absolute atomic E-state index is 0.317. The maximum absolute atomic E-state index is 5.24. The molecule has 0 aliphatic heterocycles. The number of ether oxygens (including phenoxy) is 1. The summed E-state index contributed by atoms with van der Waals surface area (Å²) in [6, 6.07) is 2.48. The molecule has 0 radical (unpaired) electrons. The Morgan fingerprint density at radius 2 is 1.90 bits per heavy atom. The number of nitrogens with zero attached hydrogens (tertiary/aromatic N) is 3. The average molecular weight is 344 g/mol. The van der Waals surface area contributed by atoms with E-state index in [4.69, 9.17) is 9.72 Å². The topological polar surface area (TPSA) is 38.2 Å². The molecule has 4 nitrogen and oxygen atoms in total. The first-order chi connectivity index (χ1) is 9.53. The van der Waals surface area contributed by atoms with Crippen LogP contribution in [0.15, 0.2) is 10.7 Å². The first kappa shape index (κ1) is 17.4. The molecule has 5 heteroatoms.